The van der Waals surface area contributed by atoms with Crippen molar-refractivity contribution in [1.29, 1.82) is 0 Å². The van der Waals surface area contributed by atoms with Crippen LogP contribution in [0.15, 0.2) is 41.5 Å². The summed E-state index contributed by atoms with van der Waals surface area (Å²) in [6.45, 7) is 0.738. The number of nitrogens with two attached hydrogens (primary N) is 1. The summed E-state index contributed by atoms with van der Waals surface area (Å²) in [6.07, 6.45) is 2.35. The van der Waals surface area contributed by atoms with Crippen LogP contribution in [0, 0.1) is 0 Å². The predicted octanol–water partition coefficient (Wildman–Crippen LogP) is 2.27. The van der Waals surface area contributed by atoms with Crippen LogP contribution in [0.25, 0.3) is 10.9 Å². The molecule has 4 N–H and O–H groups in total. The summed E-state index contributed by atoms with van der Waals surface area (Å²) in [6, 6.07) is 10.9. The number of rotatable bonds is 6. The summed E-state index contributed by atoms with van der Waals surface area (Å²) in [5.41, 5.74) is 11.9. The van der Waals surface area contributed by atoms with Crippen molar-refractivity contribution in [2.45, 2.75) is 18.4 Å². The van der Waals surface area contributed by atoms with Crippen LogP contribution < -0.4 is 20.6 Å². The van der Waals surface area contributed by atoms with Gasteiger partial charge < -0.3 is 25.7 Å². The Labute approximate surface area is 168 Å². The zero-order valence-electron chi connectivity index (χ0n) is 16.3. The highest BCUT2D eigenvalue weighted by atomic mass is 16.5. The topological polar surface area (TPSA) is 115 Å². The van der Waals surface area contributed by atoms with Gasteiger partial charge in [0.2, 0.25) is 5.88 Å². The maximum Gasteiger partial charge on any atom is 0.222 e. The molecule has 8 heteroatoms. The second kappa shape index (κ2) is 7.92. The monoisotopic (exact) mass is 393 g/mol. The zero-order chi connectivity index (χ0) is 20.4. The third kappa shape index (κ3) is 3.79. The number of hydrazone groups is 1. The first-order chi connectivity index (χ1) is 14.1. The number of nitrogens with one attached hydrogen (secondary N) is 1. The fourth-order valence-corrected chi connectivity index (χ4v) is 3.45. The number of hydrogen-bond acceptors (Lipinski definition) is 8. The van der Waals surface area contributed by atoms with Crippen molar-refractivity contribution in [2.75, 3.05) is 20.8 Å². The lowest BCUT2D eigenvalue weighted by atomic mass is 9.99. The normalized spacial score (nSPS) is 16.6. The number of aromatic hydroxyl groups is 1. The van der Waals surface area contributed by atoms with Crippen molar-refractivity contribution >= 4 is 17.1 Å². The van der Waals surface area contributed by atoms with Gasteiger partial charge in [0.15, 0.2) is 11.5 Å². The Balaban J connectivity index is 1.60. The van der Waals surface area contributed by atoms with Crippen LogP contribution in [0.5, 0.6) is 17.4 Å². The number of methoxy groups -OCH3 is 2. The van der Waals surface area contributed by atoms with E-state index in [2.05, 4.69) is 20.5 Å². The number of hydrogen-bond donors (Lipinski definition) is 3. The molecule has 1 unspecified atom stereocenters. The van der Waals surface area contributed by atoms with Crippen molar-refractivity contribution in [2.24, 2.45) is 10.8 Å². The molecule has 3 aromatic rings. The van der Waals surface area contributed by atoms with Gasteiger partial charge in [0.1, 0.15) is 5.82 Å². The summed E-state index contributed by atoms with van der Waals surface area (Å²) >= 11 is 0. The Morgan fingerprint density at radius 1 is 1.14 bits per heavy atom. The van der Waals surface area contributed by atoms with Gasteiger partial charge in [0.25, 0.3) is 0 Å². The molecule has 0 saturated carbocycles. The number of fused-ring (bicyclic) bond motifs is 1. The average Bonchev–Trinajstić information content (AvgIpc) is 3.28. The molecule has 2 aromatic carbocycles. The highest BCUT2D eigenvalue weighted by Crippen LogP contribution is 2.30. The minimum absolute atomic E-state index is 0.0718. The Morgan fingerprint density at radius 3 is 2.69 bits per heavy atom. The number of benzene rings is 2. The minimum atomic E-state index is -0.478. The zero-order valence-corrected chi connectivity index (χ0v) is 16.3. The molecular weight excluding hydrogens is 370 g/mol. The molecule has 0 amide bonds. The van der Waals surface area contributed by atoms with Crippen molar-refractivity contribution in [3.05, 3.63) is 53.3 Å². The fraction of sp³-hybridized carbons (Fsp3) is 0.286. The maximum absolute atomic E-state index is 10.5. The van der Waals surface area contributed by atoms with Gasteiger partial charge in [0, 0.05) is 18.7 Å². The summed E-state index contributed by atoms with van der Waals surface area (Å²) in [5.74, 6) is 1.78. The second-order valence-corrected chi connectivity index (χ2v) is 6.93. The van der Waals surface area contributed by atoms with E-state index in [1.54, 1.807) is 14.2 Å². The van der Waals surface area contributed by atoms with Gasteiger partial charge in [-0.05, 0) is 41.8 Å². The first kappa shape index (κ1) is 18.9. The Morgan fingerprint density at radius 2 is 1.97 bits per heavy atom. The molecule has 29 heavy (non-hydrogen) atoms. The highest BCUT2D eigenvalue weighted by molar-refractivity contribution is 5.85. The van der Waals surface area contributed by atoms with Crippen LogP contribution in [-0.2, 0) is 6.42 Å². The Kier molecular flexibility index (Phi) is 5.18. The minimum Gasteiger partial charge on any atom is -0.493 e. The first-order valence-electron chi connectivity index (χ1n) is 9.32. The van der Waals surface area contributed by atoms with Crippen molar-refractivity contribution in [3.63, 3.8) is 0 Å². The number of ether oxygens (including phenoxy) is 2. The van der Waals surface area contributed by atoms with E-state index in [0.717, 1.165) is 17.7 Å². The molecule has 0 fully saturated rings. The molecular formula is C21H23N5O3. The lowest BCUT2D eigenvalue weighted by Gasteiger charge is -2.14. The standard InChI is InChI=1S/C21H23N5O3/c1-28-18-6-3-12(8-19(18)29-2)7-16(22)20-25-17-5-4-13(14-10-23-24-11-14)9-15(17)21(27)26-20/h3-6,8-10,14,16,24H,7,11,22H2,1-2H3,(H,25,26,27)/t14?,16-/m1/s1. The van der Waals surface area contributed by atoms with Crippen molar-refractivity contribution in [3.8, 4) is 17.4 Å². The van der Waals surface area contributed by atoms with Gasteiger partial charge in [-0.15, -0.1) is 0 Å². The van der Waals surface area contributed by atoms with Crippen LogP contribution in [-0.4, -0.2) is 42.1 Å². The fourth-order valence-electron chi connectivity index (χ4n) is 3.45. The molecule has 1 aliphatic heterocycles. The third-order valence-corrected chi connectivity index (χ3v) is 5.04. The smallest absolute Gasteiger partial charge is 0.222 e. The molecule has 0 aliphatic carbocycles. The highest BCUT2D eigenvalue weighted by Gasteiger charge is 2.18. The molecule has 150 valence electrons. The first-order valence-corrected chi connectivity index (χ1v) is 9.32. The van der Waals surface area contributed by atoms with Crippen LogP contribution >= 0.6 is 0 Å². The lowest BCUT2D eigenvalue weighted by Crippen LogP contribution is -2.17. The quantitative estimate of drug-likeness (QED) is 0.588. The second-order valence-electron chi connectivity index (χ2n) is 6.93. The predicted molar refractivity (Wildman–Crippen MR) is 111 cm³/mol. The van der Waals surface area contributed by atoms with E-state index in [-0.39, 0.29) is 11.8 Å². The van der Waals surface area contributed by atoms with E-state index in [1.807, 2.05) is 42.6 Å². The van der Waals surface area contributed by atoms with Gasteiger partial charge >= 0.3 is 0 Å². The third-order valence-electron chi connectivity index (χ3n) is 5.04. The lowest BCUT2D eigenvalue weighted by molar-refractivity contribution is 0.354. The summed E-state index contributed by atoms with van der Waals surface area (Å²) in [7, 11) is 3.18. The Hall–Kier alpha value is -3.39. The van der Waals surface area contributed by atoms with E-state index < -0.39 is 6.04 Å². The van der Waals surface area contributed by atoms with Crippen molar-refractivity contribution < 1.29 is 14.6 Å². The van der Waals surface area contributed by atoms with Gasteiger partial charge in [0.05, 0.1) is 31.2 Å². The van der Waals surface area contributed by atoms with Crippen LogP contribution in [0.3, 0.4) is 0 Å². The van der Waals surface area contributed by atoms with Gasteiger partial charge in [-0.1, -0.05) is 12.1 Å². The molecule has 1 aromatic heterocycles. The van der Waals surface area contributed by atoms with E-state index in [9.17, 15) is 5.11 Å². The summed E-state index contributed by atoms with van der Waals surface area (Å²) in [4.78, 5) is 8.83. The Bertz CT molecular complexity index is 1070. The maximum atomic E-state index is 10.5. The van der Waals surface area contributed by atoms with Gasteiger partial charge in [-0.2, -0.15) is 10.1 Å². The van der Waals surface area contributed by atoms with Crippen molar-refractivity contribution in [1.82, 2.24) is 15.4 Å². The van der Waals surface area contributed by atoms with E-state index >= 15 is 0 Å². The van der Waals surface area contributed by atoms with Crippen LogP contribution in [0.2, 0.25) is 0 Å². The molecule has 0 bridgehead atoms. The average molecular weight is 393 g/mol. The van der Waals surface area contributed by atoms with Gasteiger partial charge in [-0.25, -0.2) is 4.98 Å². The van der Waals surface area contributed by atoms with Crippen LogP contribution in [0.4, 0.5) is 0 Å². The molecule has 1 aliphatic rings. The molecule has 8 nitrogen and oxygen atoms in total. The largest absolute Gasteiger partial charge is 0.493 e. The molecule has 2 atom stereocenters. The molecule has 4 rings (SSSR count). The molecule has 0 saturated heterocycles. The SMILES string of the molecule is COc1ccc(C[C@@H](N)c2nc(O)c3cc(C4C=NNC4)ccc3n2)cc1OC. The van der Waals surface area contributed by atoms with Gasteiger partial charge in [-0.3, -0.25) is 0 Å². The summed E-state index contributed by atoms with van der Waals surface area (Å²) in [5, 5.41) is 15.1. The molecule has 0 spiro atoms. The van der Waals surface area contributed by atoms with E-state index in [4.69, 9.17) is 15.2 Å². The molecule has 2 heterocycles. The number of aromatic nitrogens is 2. The molecule has 0 radical (unpaired) electrons. The van der Waals surface area contributed by atoms with E-state index in [1.165, 1.54) is 0 Å². The van der Waals surface area contributed by atoms with E-state index in [0.29, 0.717) is 34.6 Å². The van der Waals surface area contributed by atoms with Crippen LogP contribution in [0.1, 0.15) is 28.9 Å². The summed E-state index contributed by atoms with van der Waals surface area (Å²) < 4.78 is 10.6. The number of nitrogens with zero attached hydrogens (tertiary/aromatic N) is 3.